The quantitative estimate of drug-likeness (QED) is 0.810. The van der Waals surface area contributed by atoms with Crippen LogP contribution in [0.25, 0.3) is 0 Å². The maximum atomic E-state index is 12.4. The second-order valence-electron chi connectivity index (χ2n) is 5.05. The van der Waals surface area contributed by atoms with Crippen molar-refractivity contribution in [2.75, 3.05) is 6.54 Å². The van der Waals surface area contributed by atoms with E-state index in [2.05, 4.69) is 5.32 Å². The number of benzene rings is 1. The minimum absolute atomic E-state index is 0.112. The fourth-order valence-corrected chi connectivity index (χ4v) is 2.32. The van der Waals surface area contributed by atoms with E-state index in [1.54, 1.807) is 0 Å². The first-order valence-corrected chi connectivity index (χ1v) is 6.90. The van der Waals surface area contributed by atoms with Gasteiger partial charge < -0.3 is 15.3 Å². The first-order chi connectivity index (χ1) is 10.1. The largest absolute Gasteiger partial charge is 0.481 e. The van der Waals surface area contributed by atoms with Gasteiger partial charge in [0, 0.05) is 19.5 Å². The molecule has 21 heavy (non-hydrogen) atoms. The van der Waals surface area contributed by atoms with Crippen molar-refractivity contribution in [2.24, 2.45) is 0 Å². The Labute approximate surface area is 122 Å². The molecule has 1 aromatic carbocycles. The Kier molecular flexibility index (Phi) is 4.92. The fourth-order valence-electron chi connectivity index (χ4n) is 2.32. The lowest BCUT2D eigenvalue weighted by Crippen LogP contribution is -2.44. The van der Waals surface area contributed by atoms with Crippen LogP contribution in [0.2, 0.25) is 0 Å². The number of aliphatic carboxylic acids is 1. The van der Waals surface area contributed by atoms with Crippen LogP contribution in [0.3, 0.4) is 0 Å². The Morgan fingerprint density at radius 1 is 1.29 bits per heavy atom. The highest BCUT2D eigenvalue weighted by Gasteiger charge is 2.30. The fraction of sp³-hybridized carbons (Fsp3) is 0.400. The zero-order chi connectivity index (χ0) is 15.2. The van der Waals surface area contributed by atoms with E-state index in [-0.39, 0.29) is 24.8 Å². The van der Waals surface area contributed by atoms with Crippen LogP contribution in [0.4, 0.5) is 0 Å². The normalized spacial score (nSPS) is 17.3. The molecule has 0 aliphatic carbocycles. The molecule has 0 aromatic heterocycles. The molecule has 6 nitrogen and oxygen atoms in total. The number of carbonyl (C=O) groups is 3. The third-order valence-corrected chi connectivity index (χ3v) is 3.42. The molecular formula is C15H18N2O4. The molecule has 0 bridgehead atoms. The van der Waals surface area contributed by atoms with Crippen molar-refractivity contribution in [3.05, 3.63) is 35.9 Å². The van der Waals surface area contributed by atoms with Gasteiger partial charge in [-0.2, -0.15) is 0 Å². The van der Waals surface area contributed by atoms with E-state index in [4.69, 9.17) is 5.11 Å². The molecule has 0 spiro atoms. The van der Waals surface area contributed by atoms with Crippen molar-refractivity contribution in [3.8, 4) is 0 Å². The lowest BCUT2D eigenvalue weighted by atomic mass is 10.1. The Bertz CT molecular complexity index is 530. The van der Waals surface area contributed by atoms with Gasteiger partial charge in [-0.25, -0.2) is 0 Å². The highest BCUT2D eigenvalue weighted by atomic mass is 16.4. The van der Waals surface area contributed by atoms with Gasteiger partial charge in [-0.05, 0) is 12.0 Å². The van der Waals surface area contributed by atoms with Gasteiger partial charge in [-0.15, -0.1) is 0 Å². The predicted octanol–water partition coefficient (Wildman–Crippen LogP) is 0.768. The molecule has 2 amide bonds. The molecule has 0 radical (unpaired) electrons. The van der Waals surface area contributed by atoms with Crippen LogP contribution in [0.15, 0.2) is 30.3 Å². The summed E-state index contributed by atoms with van der Waals surface area (Å²) in [4.78, 5) is 35.9. The summed E-state index contributed by atoms with van der Waals surface area (Å²) in [5.41, 5.74) is 0.931. The number of hydrogen-bond acceptors (Lipinski definition) is 3. The van der Waals surface area contributed by atoms with Gasteiger partial charge >= 0.3 is 5.97 Å². The Balaban J connectivity index is 2.05. The van der Waals surface area contributed by atoms with E-state index in [0.29, 0.717) is 19.4 Å². The number of carboxylic acids is 1. The Morgan fingerprint density at radius 3 is 2.57 bits per heavy atom. The molecular weight excluding hydrogens is 272 g/mol. The van der Waals surface area contributed by atoms with Gasteiger partial charge in [0.2, 0.25) is 11.8 Å². The van der Waals surface area contributed by atoms with Gasteiger partial charge in [0.15, 0.2) is 0 Å². The number of rotatable bonds is 6. The Morgan fingerprint density at radius 2 is 2.00 bits per heavy atom. The summed E-state index contributed by atoms with van der Waals surface area (Å²) >= 11 is 0. The van der Waals surface area contributed by atoms with Crippen molar-refractivity contribution in [1.29, 1.82) is 0 Å². The number of amides is 2. The van der Waals surface area contributed by atoms with Gasteiger partial charge in [0.1, 0.15) is 6.04 Å². The summed E-state index contributed by atoms with van der Waals surface area (Å²) in [5.74, 6) is -1.30. The van der Waals surface area contributed by atoms with Crippen LogP contribution >= 0.6 is 0 Å². The van der Waals surface area contributed by atoms with Crippen molar-refractivity contribution in [2.45, 2.75) is 31.8 Å². The molecule has 1 heterocycles. The molecule has 1 aliphatic rings. The van der Waals surface area contributed by atoms with Crippen molar-refractivity contribution >= 4 is 17.8 Å². The zero-order valence-electron chi connectivity index (χ0n) is 11.6. The third kappa shape index (κ3) is 4.30. The number of carboxylic acid groups (broad SMARTS) is 1. The predicted molar refractivity (Wildman–Crippen MR) is 75.3 cm³/mol. The van der Waals surface area contributed by atoms with Crippen LogP contribution in [-0.2, 0) is 20.9 Å². The summed E-state index contributed by atoms with van der Waals surface area (Å²) < 4.78 is 0. The van der Waals surface area contributed by atoms with Gasteiger partial charge in [0.05, 0.1) is 6.42 Å². The summed E-state index contributed by atoms with van der Waals surface area (Å²) in [6, 6.07) is 8.85. The molecule has 0 saturated carbocycles. The molecule has 2 N–H and O–H groups in total. The monoisotopic (exact) mass is 290 g/mol. The highest BCUT2D eigenvalue weighted by molar-refractivity contribution is 5.91. The Hall–Kier alpha value is -2.37. The molecule has 1 fully saturated rings. The standard InChI is InChI=1S/C15H18N2O4/c18-13-7-6-12(16-13)15(21)17(9-8-14(19)20)10-11-4-2-1-3-5-11/h1-5,12H,6-10H2,(H,16,18)(H,19,20)/t12-/m0/s1. The molecule has 112 valence electrons. The van der Waals surface area contributed by atoms with Crippen LogP contribution in [0.5, 0.6) is 0 Å². The van der Waals surface area contributed by atoms with Crippen LogP contribution < -0.4 is 5.32 Å². The second kappa shape index (κ2) is 6.88. The first kappa shape index (κ1) is 15.0. The van der Waals surface area contributed by atoms with E-state index < -0.39 is 12.0 Å². The van der Waals surface area contributed by atoms with Gasteiger partial charge in [-0.3, -0.25) is 14.4 Å². The lowest BCUT2D eigenvalue weighted by Gasteiger charge is -2.25. The molecule has 1 saturated heterocycles. The summed E-state index contributed by atoms with van der Waals surface area (Å²) in [5, 5.41) is 11.4. The van der Waals surface area contributed by atoms with Crippen molar-refractivity contribution in [1.82, 2.24) is 10.2 Å². The van der Waals surface area contributed by atoms with Gasteiger partial charge in [-0.1, -0.05) is 30.3 Å². The number of nitrogens with one attached hydrogen (secondary N) is 1. The molecule has 6 heteroatoms. The highest BCUT2D eigenvalue weighted by Crippen LogP contribution is 2.13. The third-order valence-electron chi connectivity index (χ3n) is 3.42. The molecule has 1 atom stereocenters. The van der Waals surface area contributed by atoms with Crippen molar-refractivity contribution < 1.29 is 19.5 Å². The molecule has 1 aliphatic heterocycles. The number of nitrogens with zero attached hydrogens (tertiary/aromatic N) is 1. The lowest BCUT2D eigenvalue weighted by molar-refractivity contribution is -0.139. The SMILES string of the molecule is O=C(O)CCN(Cc1ccccc1)C(=O)[C@@H]1CCC(=O)N1. The minimum atomic E-state index is -0.948. The smallest absolute Gasteiger partial charge is 0.305 e. The molecule has 2 rings (SSSR count). The maximum absolute atomic E-state index is 12.4. The molecule has 0 unspecified atom stereocenters. The van der Waals surface area contributed by atoms with Gasteiger partial charge in [0.25, 0.3) is 0 Å². The summed E-state index contributed by atoms with van der Waals surface area (Å²) in [6.07, 6.45) is 0.698. The van der Waals surface area contributed by atoms with E-state index in [1.165, 1.54) is 4.90 Å². The number of hydrogen-bond donors (Lipinski definition) is 2. The van der Waals surface area contributed by atoms with E-state index in [1.807, 2.05) is 30.3 Å². The van der Waals surface area contributed by atoms with E-state index in [0.717, 1.165) is 5.56 Å². The summed E-state index contributed by atoms with van der Waals surface area (Å²) in [7, 11) is 0. The van der Waals surface area contributed by atoms with Crippen molar-refractivity contribution in [3.63, 3.8) is 0 Å². The molecule has 1 aromatic rings. The number of carbonyl (C=O) groups excluding carboxylic acids is 2. The van der Waals surface area contributed by atoms with Crippen LogP contribution in [0.1, 0.15) is 24.8 Å². The zero-order valence-corrected chi connectivity index (χ0v) is 11.6. The average Bonchev–Trinajstić information content (AvgIpc) is 2.90. The van der Waals surface area contributed by atoms with Crippen LogP contribution in [0, 0.1) is 0 Å². The average molecular weight is 290 g/mol. The van der Waals surface area contributed by atoms with Crippen LogP contribution in [-0.4, -0.2) is 40.4 Å². The topological polar surface area (TPSA) is 86.7 Å². The summed E-state index contributed by atoms with van der Waals surface area (Å²) in [6.45, 7) is 0.481. The van der Waals surface area contributed by atoms with E-state index >= 15 is 0 Å². The second-order valence-corrected chi connectivity index (χ2v) is 5.05. The first-order valence-electron chi connectivity index (χ1n) is 6.90. The maximum Gasteiger partial charge on any atom is 0.305 e. The minimum Gasteiger partial charge on any atom is -0.481 e. The van der Waals surface area contributed by atoms with E-state index in [9.17, 15) is 14.4 Å².